The van der Waals surface area contributed by atoms with Gasteiger partial charge in [-0.1, -0.05) is 13.8 Å². The number of hydrogen-bond acceptors (Lipinski definition) is 2. The molecule has 16 heavy (non-hydrogen) atoms. The lowest BCUT2D eigenvalue weighted by Gasteiger charge is -2.27. The SMILES string of the molecule is CC(C)CC(N)CN(CC(F)(F)F)C1CC1. The van der Waals surface area contributed by atoms with Crippen molar-refractivity contribution in [3.63, 3.8) is 0 Å². The molecule has 0 aromatic carbocycles. The minimum atomic E-state index is -4.11. The summed E-state index contributed by atoms with van der Waals surface area (Å²) in [6.45, 7) is 3.61. The monoisotopic (exact) mass is 238 g/mol. The highest BCUT2D eigenvalue weighted by atomic mass is 19.4. The van der Waals surface area contributed by atoms with Crippen LogP contribution in [0.5, 0.6) is 0 Å². The zero-order chi connectivity index (χ0) is 12.3. The molecule has 0 saturated heterocycles. The number of alkyl halides is 3. The Hall–Kier alpha value is -0.290. The second kappa shape index (κ2) is 5.36. The normalized spacial score (nSPS) is 19.5. The Kier molecular flexibility index (Phi) is 4.62. The van der Waals surface area contributed by atoms with Crippen LogP contribution in [0.2, 0.25) is 0 Å². The van der Waals surface area contributed by atoms with Crippen molar-refractivity contribution >= 4 is 0 Å². The fourth-order valence-electron chi connectivity index (χ4n) is 1.99. The van der Waals surface area contributed by atoms with E-state index in [-0.39, 0.29) is 12.1 Å². The predicted molar refractivity (Wildman–Crippen MR) is 58.1 cm³/mol. The third-order valence-corrected chi connectivity index (χ3v) is 2.69. The van der Waals surface area contributed by atoms with Crippen LogP contribution in [-0.4, -0.2) is 36.2 Å². The van der Waals surface area contributed by atoms with Gasteiger partial charge >= 0.3 is 6.18 Å². The summed E-state index contributed by atoms with van der Waals surface area (Å²) in [6, 6.07) is -0.0391. The first kappa shape index (κ1) is 13.8. The Morgan fingerprint density at radius 2 is 1.88 bits per heavy atom. The molecule has 96 valence electrons. The standard InChI is InChI=1S/C11H21F3N2/c1-8(2)5-9(15)6-16(10-3-4-10)7-11(12,13)14/h8-10H,3-7,15H2,1-2H3. The van der Waals surface area contributed by atoms with E-state index in [0.29, 0.717) is 12.5 Å². The second-order valence-electron chi connectivity index (χ2n) is 5.17. The average Bonchev–Trinajstić information content (AvgIpc) is 2.79. The maximum absolute atomic E-state index is 12.3. The minimum absolute atomic E-state index is 0.111. The van der Waals surface area contributed by atoms with Crippen LogP contribution in [0.25, 0.3) is 0 Å². The molecule has 0 aromatic heterocycles. The van der Waals surface area contributed by atoms with Gasteiger partial charge in [0.2, 0.25) is 0 Å². The molecular weight excluding hydrogens is 217 g/mol. The van der Waals surface area contributed by atoms with Crippen molar-refractivity contribution in [1.82, 2.24) is 4.90 Å². The summed E-state index contributed by atoms with van der Waals surface area (Å²) in [7, 11) is 0. The van der Waals surface area contributed by atoms with Crippen LogP contribution in [-0.2, 0) is 0 Å². The fraction of sp³-hybridized carbons (Fsp3) is 1.00. The van der Waals surface area contributed by atoms with Crippen LogP contribution in [0.1, 0.15) is 33.1 Å². The van der Waals surface area contributed by atoms with Crippen molar-refractivity contribution in [2.24, 2.45) is 11.7 Å². The Bertz CT molecular complexity index is 212. The van der Waals surface area contributed by atoms with Gasteiger partial charge in [0.05, 0.1) is 6.54 Å². The molecule has 2 nitrogen and oxygen atoms in total. The van der Waals surface area contributed by atoms with Crippen LogP contribution >= 0.6 is 0 Å². The van der Waals surface area contributed by atoms with E-state index in [1.165, 1.54) is 4.90 Å². The molecule has 1 fully saturated rings. The average molecular weight is 238 g/mol. The smallest absolute Gasteiger partial charge is 0.327 e. The third kappa shape index (κ3) is 5.70. The summed E-state index contributed by atoms with van der Waals surface area (Å²) in [5, 5.41) is 0. The first-order valence-electron chi connectivity index (χ1n) is 5.84. The van der Waals surface area contributed by atoms with Gasteiger partial charge in [0.15, 0.2) is 0 Å². The Morgan fingerprint density at radius 3 is 2.25 bits per heavy atom. The molecule has 1 saturated carbocycles. The summed E-state index contributed by atoms with van der Waals surface area (Å²) >= 11 is 0. The van der Waals surface area contributed by atoms with Crippen molar-refractivity contribution in [1.29, 1.82) is 0 Å². The summed E-state index contributed by atoms with van der Waals surface area (Å²) in [5.41, 5.74) is 5.85. The Balaban J connectivity index is 2.39. The summed E-state index contributed by atoms with van der Waals surface area (Å²) in [5.74, 6) is 0.432. The maximum Gasteiger partial charge on any atom is 0.401 e. The molecule has 0 radical (unpaired) electrons. The summed E-state index contributed by atoms with van der Waals surface area (Å²) in [6.07, 6.45) is -1.57. The lowest BCUT2D eigenvalue weighted by molar-refractivity contribution is -0.147. The van der Waals surface area contributed by atoms with Gasteiger partial charge in [-0.25, -0.2) is 0 Å². The van der Waals surface area contributed by atoms with Gasteiger partial charge in [-0.05, 0) is 25.2 Å². The summed E-state index contributed by atoms with van der Waals surface area (Å²) in [4.78, 5) is 1.49. The Labute approximate surface area is 95.0 Å². The molecule has 1 aliphatic carbocycles. The zero-order valence-electron chi connectivity index (χ0n) is 9.93. The molecule has 2 N–H and O–H groups in total. The van der Waals surface area contributed by atoms with Crippen molar-refractivity contribution < 1.29 is 13.2 Å². The van der Waals surface area contributed by atoms with Gasteiger partial charge < -0.3 is 5.73 Å². The van der Waals surface area contributed by atoms with Crippen LogP contribution in [0.4, 0.5) is 13.2 Å². The van der Waals surface area contributed by atoms with Crippen LogP contribution in [0, 0.1) is 5.92 Å². The van der Waals surface area contributed by atoms with Gasteiger partial charge in [0.25, 0.3) is 0 Å². The number of rotatable bonds is 6. The van der Waals surface area contributed by atoms with Crippen molar-refractivity contribution in [3.05, 3.63) is 0 Å². The first-order chi connectivity index (χ1) is 7.28. The van der Waals surface area contributed by atoms with E-state index in [1.54, 1.807) is 0 Å². The molecule has 1 aliphatic rings. The zero-order valence-corrected chi connectivity index (χ0v) is 9.93. The van der Waals surface area contributed by atoms with Gasteiger partial charge in [-0.3, -0.25) is 4.90 Å². The quantitative estimate of drug-likeness (QED) is 0.770. The predicted octanol–water partition coefficient (Wildman–Crippen LogP) is 2.39. The van der Waals surface area contributed by atoms with E-state index in [1.807, 2.05) is 13.8 Å². The van der Waals surface area contributed by atoms with Gasteiger partial charge in [-0.2, -0.15) is 13.2 Å². The van der Waals surface area contributed by atoms with E-state index < -0.39 is 12.7 Å². The van der Waals surface area contributed by atoms with E-state index in [0.717, 1.165) is 19.3 Å². The molecule has 1 atom stereocenters. The number of hydrogen-bond donors (Lipinski definition) is 1. The van der Waals surface area contributed by atoms with Gasteiger partial charge in [-0.15, -0.1) is 0 Å². The topological polar surface area (TPSA) is 29.3 Å². The minimum Gasteiger partial charge on any atom is -0.327 e. The van der Waals surface area contributed by atoms with E-state index in [2.05, 4.69) is 0 Å². The number of nitrogens with two attached hydrogens (primary N) is 1. The lowest BCUT2D eigenvalue weighted by atomic mass is 10.0. The Morgan fingerprint density at radius 1 is 1.31 bits per heavy atom. The van der Waals surface area contributed by atoms with E-state index >= 15 is 0 Å². The largest absolute Gasteiger partial charge is 0.401 e. The summed E-state index contributed by atoms with van der Waals surface area (Å²) < 4.78 is 37.0. The molecule has 0 aliphatic heterocycles. The molecule has 0 amide bonds. The highest BCUT2D eigenvalue weighted by Crippen LogP contribution is 2.30. The van der Waals surface area contributed by atoms with Gasteiger partial charge in [0, 0.05) is 18.6 Å². The third-order valence-electron chi connectivity index (χ3n) is 2.69. The second-order valence-corrected chi connectivity index (χ2v) is 5.17. The van der Waals surface area contributed by atoms with E-state index in [4.69, 9.17) is 5.73 Å². The van der Waals surface area contributed by atoms with Crippen molar-refractivity contribution in [2.75, 3.05) is 13.1 Å². The van der Waals surface area contributed by atoms with E-state index in [9.17, 15) is 13.2 Å². The van der Waals surface area contributed by atoms with Crippen LogP contribution in [0.3, 0.4) is 0 Å². The first-order valence-corrected chi connectivity index (χ1v) is 5.84. The lowest BCUT2D eigenvalue weighted by Crippen LogP contribution is -2.43. The molecule has 0 spiro atoms. The number of nitrogens with zero attached hydrogens (tertiary/aromatic N) is 1. The van der Waals surface area contributed by atoms with Crippen molar-refractivity contribution in [3.8, 4) is 0 Å². The molecule has 5 heteroatoms. The van der Waals surface area contributed by atoms with Crippen molar-refractivity contribution in [2.45, 2.75) is 51.4 Å². The fourth-order valence-corrected chi connectivity index (χ4v) is 1.99. The highest BCUT2D eigenvalue weighted by molar-refractivity contribution is 4.87. The molecule has 1 rings (SSSR count). The highest BCUT2D eigenvalue weighted by Gasteiger charge is 2.38. The molecule has 1 unspecified atom stereocenters. The van der Waals surface area contributed by atoms with Crippen LogP contribution < -0.4 is 5.73 Å². The molecule has 0 heterocycles. The number of halogens is 3. The molecular formula is C11H21F3N2. The van der Waals surface area contributed by atoms with Gasteiger partial charge in [0.1, 0.15) is 0 Å². The van der Waals surface area contributed by atoms with Crippen LogP contribution in [0.15, 0.2) is 0 Å². The maximum atomic E-state index is 12.3. The molecule has 0 aromatic rings. The molecule has 0 bridgehead atoms.